The van der Waals surface area contributed by atoms with Crippen molar-refractivity contribution in [2.45, 2.75) is 6.61 Å². The van der Waals surface area contributed by atoms with E-state index in [0.717, 1.165) is 33.8 Å². The number of amides is 1. The van der Waals surface area contributed by atoms with Crippen LogP contribution in [0.1, 0.15) is 11.1 Å². The zero-order valence-electron chi connectivity index (χ0n) is 22.4. The van der Waals surface area contributed by atoms with Crippen LogP contribution in [-0.4, -0.2) is 45.2 Å². The number of rotatable bonds is 9. The van der Waals surface area contributed by atoms with E-state index in [1.807, 2.05) is 83.7 Å². The molecule has 0 atom stereocenters. The first-order chi connectivity index (χ1) is 20.1. The summed E-state index contributed by atoms with van der Waals surface area (Å²) in [5, 5.41) is 7.29. The molecular formula is C33H27N3O3S2. The molecule has 5 aromatic rings. The summed E-state index contributed by atoms with van der Waals surface area (Å²) < 4.78 is 13.7. The average Bonchev–Trinajstić information content (AvgIpc) is 3.55. The molecule has 4 aromatic carbocycles. The highest BCUT2D eigenvalue weighted by Crippen LogP contribution is 2.35. The van der Waals surface area contributed by atoms with Gasteiger partial charge in [0.25, 0.3) is 5.91 Å². The quantitative estimate of drug-likeness (QED) is 0.137. The maximum atomic E-state index is 13.1. The maximum absolute atomic E-state index is 13.1. The topological polar surface area (TPSA) is 56.6 Å². The first kappa shape index (κ1) is 27.0. The summed E-state index contributed by atoms with van der Waals surface area (Å²) in [7, 11) is 1.61. The predicted molar refractivity (Wildman–Crippen MR) is 169 cm³/mol. The molecule has 0 bridgehead atoms. The standard InChI is InChI=1S/C33H27N3O3S2/c1-38-19-18-35-32(37)30(41-33(35)40)20-26-21-36(27-11-3-2-4-12-27)34-31(26)24-14-16-28(17-15-24)39-22-25-10-7-9-23-8-5-6-13-29(23)25/h2-17,20-21H,18-19,22H2,1H3. The molecule has 6 nitrogen and oxygen atoms in total. The lowest BCUT2D eigenvalue weighted by atomic mass is 10.1. The molecule has 6 rings (SSSR count). The van der Waals surface area contributed by atoms with Crippen molar-refractivity contribution in [3.8, 4) is 22.7 Å². The van der Waals surface area contributed by atoms with Gasteiger partial charge in [-0.25, -0.2) is 4.68 Å². The van der Waals surface area contributed by atoms with Crippen molar-refractivity contribution in [3.05, 3.63) is 119 Å². The number of methoxy groups -OCH3 is 1. The second-order valence-electron chi connectivity index (χ2n) is 9.49. The number of aromatic nitrogens is 2. The Balaban J connectivity index is 1.28. The second-order valence-corrected chi connectivity index (χ2v) is 11.2. The van der Waals surface area contributed by atoms with Gasteiger partial charge in [-0.15, -0.1) is 0 Å². The lowest BCUT2D eigenvalue weighted by Crippen LogP contribution is -2.31. The molecule has 1 saturated heterocycles. The fourth-order valence-corrected chi connectivity index (χ4v) is 6.03. The third-order valence-corrected chi connectivity index (χ3v) is 8.22. The number of hydrogen-bond donors (Lipinski definition) is 0. The zero-order valence-corrected chi connectivity index (χ0v) is 24.0. The van der Waals surface area contributed by atoms with Crippen molar-refractivity contribution in [2.24, 2.45) is 0 Å². The second kappa shape index (κ2) is 12.1. The van der Waals surface area contributed by atoms with Gasteiger partial charge in [-0.05, 0) is 58.8 Å². The Labute approximate surface area is 248 Å². The van der Waals surface area contributed by atoms with Crippen LogP contribution in [0, 0.1) is 0 Å². The van der Waals surface area contributed by atoms with Crippen LogP contribution in [0.3, 0.4) is 0 Å². The van der Waals surface area contributed by atoms with Gasteiger partial charge in [0.2, 0.25) is 0 Å². The number of ether oxygens (including phenoxy) is 2. The maximum Gasteiger partial charge on any atom is 0.266 e. The SMILES string of the molecule is COCCN1C(=O)C(=Cc2cn(-c3ccccc3)nc2-c2ccc(OCc3cccc4ccccc34)cc2)SC1=S. The van der Waals surface area contributed by atoms with E-state index in [9.17, 15) is 4.79 Å². The number of benzene rings is 4. The van der Waals surface area contributed by atoms with Gasteiger partial charge < -0.3 is 9.47 Å². The third kappa shape index (κ3) is 5.81. The molecule has 0 radical (unpaired) electrons. The van der Waals surface area contributed by atoms with Gasteiger partial charge in [0.05, 0.1) is 29.4 Å². The van der Waals surface area contributed by atoms with E-state index in [-0.39, 0.29) is 5.91 Å². The van der Waals surface area contributed by atoms with Crippen molar-refractivity contribution >= 4 is 51.1 Å². The molecule has 1 aliphatic heterocycles. The molecular weight excluding hydrogens is 551 g/mol. The highest BCUT2D eigenvalue weighted by Gasteiger charge is 2.32. The Hall–Kier alpha value is -4.24. The van der Waals surface area contributed by atoms with Gasteiger partial charge in [0, 0.05) is 24.4 Å². The monoisotopic (exact) mass is 577 g/mol. The molecule has 0 aliphatic carbocycles. The minimum atomic E-state index is -0.118. The average molecular weight is 578 g/mol. The van der Waals surface area contributed by atoms with Crippen molar-refractivity contribution in [3.63, 3.8) is 0 Å². The smallest absolute Gasteiger partial charge is 0.266 e. The van der Waals surface area contributed by atoms with E-state index >= 15 is 0 Å². The fraction of sp³-hybridized carbons (Fsp3) is 0.121. The van der Waals surface area contributed by atoms with E-state index in [2.05, 4.69) is 30.3 Å². The van der Waals surface area contributed by atoms with Crippen LogP contribution in [-0.2, 0) is 16.1 Å². The van der Waals surface area contributed by atoms with Crippen molar-refractivity contribution in [1.29, 1.82) is 0 Å². The number of thioether (sulfide) groups is 1. The lowest BCUT2D eigenvalue weighted by Gasteiger charge is -2.12. The minimum Gasteiger partial charge on any atom is -0.489 e. The Morgan fingerprint density at radius 1 is 0.927 bits per heavy atom. The molecule has 1 amide bonds. The summed E-state index contributed by atoms with van der Waals surface area (Å²) in [5.41, 5.74) is 4.57. The van der Waals surface area contributed by atoms with Gasteiger partial charge in [-0.1, -0.05) is 84.6 Å². The largest absolute Gasteiger partial charge is 0.489 e. The summed E-state index contributed by atoms with van der Waals surface area (Å²) in [6.45, 7) is 1.32. The molecule has 2 heterocycles. The summed E-state index contributed by atoms with van der Waals surface area (Å²) in [4.78, 5) is 15.3. The van der Waals surface area contributed by atoms with Crippen molar-refractivity contribution < 1.29 is 14.3 Å². The van der Waals surface area contributed by atoms with Crippen molar-refractivity contribution in [2.75, 3.05) is 20.3 Å². The van der Waals surface area contributed by atoms with Crippen LogP contribution in [0.4, 0.5) is 0 Å². The van der Waals surface area contributed by atoms with Gasteiger partial charge in [0.1, 0.15) is 16.7 Å². The van der Waals surface area contributed by atoms with Crippen LogP contribution >= 0.6 is 24.0 Å². The number of nitrogens with zero attached hydrogens (tertiary/aromatic N) is 3. The number of para-hydroxylation sites is 1. The molecule has 8 heteroatoms. The highest BCUT2D eigenvalue weighted by molar-refractivity contribution is 8.26. The molecule has 204 valence electrons. The van der Waals surface area contributed by atoms with Gasteiger partial charge in [0.15, 0.2) is 0 Å². The van der Waals surface area contributed by atoms with Gasteiger partial charge in [-0.3, -0.25) is 9.69 Å². The fourth-order valence-electron chi connectivity index (χ4n) is 4.74. The van der Waals surface area contributed by atoms with E-state index < -0.39 is 0 Å². The predicted octanol–water partition coefficient (Wildman–Crippen LogP) is 7.12. The molecule has 0 spiro atoms. The first-order valence-electron chi connectivity index (χ1n) is 13.2. The Morgan fingerprint density at radius 2 is 1.68 bits per heavy atom. The lowest BCUT2D eigenvalue weighted by molar-refractivity contribution is -0.122. The molecule has 41 heavy (non-hydrogen) atoms. The van der Waals surface area contributed by atoms with Gasteiger partial charge >= 0.3 is 0 Å². The summed E-state index contributed by atoms with van der Waals surface area (Å²) in [5.74, 6) is 0.650. The van der Waals surface area contributed by atoms with Crippen LogP contribution < -0.4 is 4.74 Å². The van der Waals surface area contributed by atoms with Crippen LogP contribution in [0.15, 0.2) is 108 Å². The number of carbonyl (C=O) groups is 1. The first-order valence-corrected chi connectivity index (χ1v) is 14.4. The normalized spacial score (nSPS) is 14.4. The van der Waals surface area contributed by atoms with E-state index in [4.69, 9.17) is 26.8 Å². The molecule has 1 aromatic heterocycles. The number of hydrogen-bond acceptors (Lipinski definition) is 6. The minimum absolute atomic E-state index is 0.118. The molecule has 0 N–H and O–H groups in total. The molecule has 1 fully saturated rings. The molecule has 1 aliphatic rings. The van der Waals surface area contributed by atoms with Gasteiger partial charge in [-0.2, -0.15) is 5.10 Å². The van der Waals surface area contributed by atoms with Crippen molar-refractivity contribution in [1.82, 2.24) is 14.7 Å². The summed E-state index contributed by atoms with van der Waals surface area (Å²) in [6, 6.07) is 32.4. The summed E-state index contributed by atoms with van der Waals surface area (Å²) in [6.07, 6.45) is 3.82. The van der Waals surface area contributed by atoms with E-state index in [0.29, 0.717) is 29.0 Å². The number of thiocarbonyl (C=S) groups is 1. The van der Waals surface area contributed by atoms with Crippen LogP contribution in [0.2, 0.25) is 0 Å². The van der Waals surface area contributed by atoms with Crippen LogP contribution in [0.5, 0.6) is 5.75 Å². The van der Waals surface area contributed by atoms with Crippen LogP contribution in [0.25, 0.3) is 33.8 Å². The Morgan fingerprint density at radius 3 is 2.49 bits per heavy atom. The third-order valence-electron chi connectivity index (χ3n) is 6.84. The van der Waals surface area contributed by atoms with E-state index in [1.54, 1.807) is 12.0 Å². The number of carbonyl (C=O) groups excluding carboxylic acids is 1. The summed E-state index contributed by atoms with van der Waals surface area (Å²) >= 11 is 6.77. The highest BCUT2D eigenvalue weighted by atomic mass is 32.2. The Kier molecular flexibility index (Phi) is 7.95. The Bertz CT molecular complexity index is 1740. The number of fused-ring (bicyclic) bond motifs is 1. The molecule has 0 saturated carbocycles. The zero-order chi connectivity index (χ0) is 28.2. The molecule has 0 unspecified atom stereocenters. The van der Waals surface area contributed by atoms with E-state index in [1.165, 1.54) is 22.5 Å².